The third-order valence-electron chi connectivity index (χ3n) is 6.88. The van der Waals surface area contributed by atoms with Crippen molar-refractivity contribution in [2.24, 2.45) is 5.92 Å². The lowest BCUT2D eigenvalue weighted by molar-refractivity contribution is -0.0732. The number of rotatable bonds is 6. The van der Waals surface area contributed by atoms with Gasteiger partial charge >= 0.3 is 0 Å². The van der Waals surface area contributed by atoms with E-state index < -0.39 is 65.1 Å². The minimum Gasteiger partial charge on any atom is -0.490 e. The Morgan fingerprint density at radius 2 is 1.76 bits per heavy atom. The van der Waals surface area contributed by atoms with Crippen LogP contribution in [-0.2, 0) is 29.2 Å². The molecule has 2 aliphatic rings. The lowest BCUT2D eigenvalue weighted by Crippen LogP contribution is -2.57. The monoisotopic (exact) mass is 570 g/mol. The number of hydrogen-bond acceptors (Lipinski definition) is 8. The molecule has 1 aromatic heterocycles. The van der Waals surface area contributed by atoms with E-state index in [0.29, 0.717) is 5.02 Å². The average molecular weight is 571 g/mol. The van der Waals surface area contributed by atoms with Gasteiger partial charge in [-0.15, -0.1) is 5.10 Å². The molecule has 3 aromatic rings. The van der Waals surface area contributed by atoms with Crippen LogP contribution in [0.3, 0.4) is 0 Å². The number of halogens is 3. The molecule has 0 N–H and O–H groups in total. The lowest BCUT2D eigenvalue weighted by Gasteiger charge is -2.50. The average Bonchev–Trinajstić information content (AvgIpc) is 2.89. The molecular weight excluding hydrogens is 550 g/mol. The Kier molecular flexibility index (Phi) is 6.71. The summed E-state index contributed by atoms with van der Waals surface area (Å²) in [5.41, 5.74) is -0.413. The number of ether oxygens (including phenoxy) is 2. The van der Waals surface area contributed by atoms with Gasteiger partial charge in [0, 0.05) is 23.7 Å². The first kappa shape index (κ1) is 26.0. The number of benzene rings is 2. The second-order valence-electron chi connectivity index (χ2n) is 8.83. The highest BCUT2D eigenvalue weighted by Crippen LogP contribution is 2.56. The first-order valence-electron chi connectivity index (χ1n) is 11.3. The van der Waals surface area contributed by atoms with Crippen LogP contribution in [0.1, 0.15) is 18.4 Å². The Morgan fingerprint density at radius 1 is 1.03 bits per heavy atom. The molecule has 1 fully saturated rings. The topological polar surface area (TPSA) is 113 Å². The van der Waals surface area contributed by atoms with Gasteiger partial charge in [-0.3, -0.25) is 0 Å². The Balaban J connectivity index is 1.62. The van der Waals surface area contributed by atoms with Gasteiger partial charge in [-0.2, -0.15) is 5.10 Å². The molecule has 0 saturated carbocycles. The molecule has 2 aliphatic heterocycles. The minimum absolute atomic E-state index is 0.128. The van der Waals surface area contributed by atoms with E-state index in [9.17, 15) is 21.2 Å². The van der Waals surface area contributed by atoms with Gasteiger partial charge in [-0.05, 0) is 61.4 Å². The highest BCUT2D eigenvalue weighted by atomic mass is 35.5. The summed E-state index contributed by atoms with van der Waals surface area (Å²) >= 11 is 5.96. The van der Waals surface area contributed by atoms with Crippen LogP contribution in [0.15, 0.2) is 64.6 Å². The molecule has 0 bridgehead atoms. The Labute approximate surface area is 217 Å². The summed E-state index contributed by atoms with van der Waals surface area (Å²) in [5, 5.41) is 7.31. The van der Waals surface area contributed by atoms with Gasteiger partial charge in [0.1, 0.15) is 10.6 Å². The number of nitrogens with zero attached hydrogens (tertiary/aromatic N) is 2. The van der Waals surface area contributed by atoms with Gasteiger partial charge in [0.15, 0.2) is 36.3 Å². The molecule has 0 amide bonds. The van der Waals surface area contributed by atoms with Crippen LogP contribution in [-0.4, -0.2) is 52.1 Å². The molecule has 0 unspecified atom stereocenters. The molecule has 8 nitrogen and oxygen atoms in total. The van der Waals surface area contributed by atoms with Crippen molar-refractivity contribution in [3.8, 4) is 5.75 Å². The van der Waals surface area contributed by atoms with Gasteiger partial charge in [0.05, 0.1) is 28.9 Å². The third-order valence-corrected chi connectivity index (χ3v) is 11.3. The van der Waals surface area contributed by atoms with E-state index in [4.69, 9.17) is 21.1 Å². The molecule has 0 aliphatic carbocycles. The summed E-state index contributed by atoms with van der Waals surface area (Å²) < 4.78 is 93.9. The van der Waals surface area contributed by atoms with Crippen molar-refractivity contribution in [2.45, 2.75) is 33.6 Å². The number of hydrogen-bond donors (Lipinski definition) is 0. The summed E-state index contributed by atoms with van der Waals surface area (Å²) in [6.07, 6.45) is 0.0613. The smallest absolute Gasteiger partial charge is 0.197 e. The Morgan fingerprint density at radius 3 is 2.46 bits per heavy atom. The summed E-state index contributed by atoms with van der Waals surface area (Å²) in [4.78, 5) is -0.133. The van der Waals surface area contributed by atoms with Crippen LogP contribution in [0.5, 0.6) is 5.75 Å². The predicted octanol–water partition coefficient (Wildman–Crippen LogP) is 3.74. The zero-order valence-electron chi connectivity index (χ0n) is 19.2. The zero-order valence-corrected chi connectivity index (χ0v) is 21.6. The second kappa shape index (κ2) is 9.57. The van der Waals surface area contributed by atoms with Crippen molar-refractivity contribution in [1.29, 1.82) is 0 Å². The lowest BCUT2D eigenvalue weighted by atomic mass is 9.75. The Bertz CT molecular complexity index is 1540. The summed E-state index contributed by atoms with van der Waals surface area (Å²) in [7, 11) is -8.27. The Hall–Kier alpha value is -2.67. The molecule has 196 valence electrons. The molecule has 2 aromatic carbocycles. The maximum atomic E-state index is 15.4. The summed E-state index contributed by atoms with van der Waals surface area (Å²) in [5.74, 6) is -3.77. The first-order chi connectivity index (χ1) is 17.6. The quantitative estimate of drug-likeness (QED) is 0.440. The van der Waals surface area contributed by atoms with E-state index >= 15 is 4.39 Å². The van der Waals surface area contributed by atoms with Crippen molar-refractivity contribution < 1.29 is 35.1 Å². The van der Waals surface area contributed by atoms with E-state index in [0.717, 1.165) is 12.1 Å². The highest BCUT2D eigenvalue weighted by molar-refractivity contribution is 7.92. The summed E-state index contributed by atoms with van der Waals surface area (Å²) in [6, 6.07) is 9.88. The van der Waals surface area contributed by atoms with Crippen molar-refractivity contribution >= 4 is 31.3 Å². The van der Waals surface area contributed by atoms with Crippen LogP contribution >= 0.6 is 11.6 Å². The highest BCUT2D eigenvalue weighted by Gasteiger charge is 2.61. The molecular formula is C24H21ClF2N2O6S2. The fourth-order valence-corrected chi connectivity index (χ4v) is 8.84. The van der Waals surface area contributed by atoms with Crippen LogP contribution in [0.4, 0.5) is 8.78 Å². The minimum atomic E-state index is -4.39. The fraction of sp³-hybridized carbons (Fsp3) is 0.333. The van der Waals surface area contributed by atoms with Crippen molar-refractivity contribution in [2.75, 3.05) is 19.0 Å². The molecule has 37 heavy (non-hydrogen) atoms. The SMILES string of the molecule is O=S(=O)(CC[C@@H]1OCC[C@@]2(S(=O)(=O)c3ccc(Cl)cc3)c3c(F)ccc(F)c3OC[C@@H]12)c1cccnn1. The van der Waals surface area contributed by atoms with E-state index in [2.05, 4.69) is 10.2 Å². The van der Waals surface area contributed by atoms with E-state index in [1.54, 1.807) is 0 Å². The number of sulfone groups is 2. The van der Waals surface area contributed by atoms with Crippen LogP contribution in [0.25, 0.3) is 0 Å². The normalized spacial score (nSPS) is 23.5. The zero-order chi connectivity index (χ0) is 26.4. The van der Waals surface area contributed by atoms with E-state index in [1.807, 2.05) is 0 Å². The van der Waals surface area contributed by atoms with E-state index in [-0.39, 0.29) is 36.0 Å². The molecule has 13 heteroatoms. The van der Waals surface area contributed by atoms with Gasteiger partial charge < -0.3 is 9.47 Å². The number of aromatic nitrogens is 2. The van der Waals surface area contributed by atoms with Crippen molar-refractivity contribution in [1.82, 2.24) is 10.2 Å². The largest absolute Gasteiger partial charge is 0.490 e. The van der Waals surface area contributed by atoms with Crippen LogP contribution in [0, 0.1) is 17.6 Å². The summed E-state index contributed by atoms with van der Waals surface area (Å²) in [6.45, 7) is -0.454. The van der Waals surface area contributed by atoms with Gasteiger partial charge in [0.25, 0.3) is 0 Å². The molecule has 0 radical (unpaired) electrons. The van der Waals surface area contributed by atoms with Crippen molar-refractivity contribution in [3.63, 3.8) is 0 Å². The van der Waals surface area contributed by atoms with Crippen LogP contribution in [0.2, 0.25) is 5.02 Å². The van der Waals surface area contributed by atoms with Gasteiger partial charge in [-0.25, -0.2) is 25.6 Å². The van der Waals surface area contributed by atoms with Crippen LogP contribution < -0.4 is 4.74 Å². The molecule has 1 saturated heterocycles. The molecule has 3 heterocycles. The molecule has 0 spiro atoms. The maximum absolute atomic E-state index is 15.4. The fourth-order valence-electron chi connectivity index (χ4n) is 5.16. The van der Waals surface area contributed by atoms with Crippen molar-refractivity contribution in [3.05, 3.63) is 76.9 Å². The number of fused-ring (bicyclic) bond motifs is 3. The third kappa shape index (κ3) is 4.29. The standard InChI is InChI=1S/C24H21ClF2N2O6S2/c25-15-3-5-16(6-4-15)37(32,33)24-10-12-34-20(9-13-36(30,31)21-2-1-11-28-29-21)17(24)14-35-23-19(27)8-7-18(26)22(23)24/h1-8,11,17,20H,9-10,12-14H2/t17-,20-,24-/m0/s1. The molecule has 3 atom stereocenters. The molecule has 5 rings (SSSR count). The predicted molar refractivity (Wildman–Crippen MR) is 129 cm³/mol. The maximum Gasteiger partial charge on any atom is 0.197 e. The first-order valence-corrected chi connectivity index (χ1v) is 14.8. The van der Waals surface area contributed by atoms with E-state index in [1.165, 1.54) is 42.6 Å². The van der Waals surface area contributed by atoms with Gasteiger partial charge in [-0.1, -0.05) is 11.6 Å². The van der Waals surface area contributed by atoms with Gasteiger partial charge in [0.2, 0.25) is 0 Å². The second-order valence-corrected chi connectivity index (χ2v) is 13.5.